The Morgan fingerprint density at radius 3 is 2.72 bits per heavy atom. The lowest BCUT2D eigenvalue weighted by Crippen LogP contribution is -2.40. The highest BCUT2D eigenvalue weighted by molar-refractivity contribution is 7.85. The molecule has 1 atom stereocenters. The van der Waals surface area contributed by atoms with E-state index in [4.69, 9.17) is 13.9 Å². The predicted octanol–water partition coefficient (Wildman–Crippen LogP) is 3.39. The maximum absolute atomic E-state index is 12.7. The van der Waals surface area contributed by atoms with Crippen molar-refractivity contribution in [1.29, 1.82) is 0 Å². The zero-order valence-electron chi connectivity index (χ0n) is 19.8. The van der Waals surface area contributed by atoms with Gasteiger partial charge < -0.3 is 9.64 Å². The first kappa shape index (κ1) is 24.9. The van der Waals surface area contributed by atoms with Crippen molar-refractivity contribution >= 4 is 22.0 Å². The summed E-state index contributed by atoms with van der Waals surface area (Å²) in [7, 11) is -3.39. The van der Waals surface area contributed by atoms with Crippen molar-refractivity contribution < 1.29 is 22.1 Å². The van der Waals surface area contributed by atoms with Gasteiger partial charge in [-0.3, -0.25) is 9.08 Å². The highest BCUT2D eigenvalue weighted by atomic mass is 32.2. The second-order valence-corrected chi connectivity index (χ2v) is 11.6. The number of rotatable bonds is 7. The van der Waals surface area contributed by atoms with E-state index in [1.54, 1.807) is 4.90 Å². The van der Waals surface area contributed by atoms with Crippen LogP contribution >= 0.6 is 0 Å². The zero-order chi connectivity index (χ0) is 23.4. The summed E-state index contributed by atoms with van der Waals surface area (Å²) in [6, 6.07) is 4.16. The minimum atomic E-state index is -3.39. The van der Waals surface area contributed by atoms with Gasteiger partial charge >= 0.3 is 6.09 Å². The molecule has 180 valence electrons. The predicted molar refractivity (Wildman–Crippen MR) is 124 cm³/mol. The molecule has 1 saturated heterocycles. The van der Waals surface area contributed by atoms with Crippen LogP contribution in [0, 0.1) is 5.92 Å². The van der Waals surface area contributed by atoms with Gasteiger partial charge in [-0.1, -0.05) is 6.07 Å². The van der Waals surface area contributed by atoms with Crippen LogP contribution in [0.2, 0.25) is 0 Å². The number of amides is 1. The lowest BCUT2D eigenvalue weighted by atomic mass is 9.99. The fourth-order valence-electron chi connectivity index (χ4n) is 4.31. The van der Waals surface area contributed by atoms with Gasteiger partial charge in [0.15, 0.2) is 0 Å². The molecule has 32 heavy (non-hydrogen) atoms. The zero-order valence-corrected chi connectivity index (χ0v) is 20.6. The van der Waals surface area contributed by atoms with E-state index in [9.17, 15) is 13.2 Å². The fraction of sp³-hybridized carbons (Fsp3) is 0.739. The molecule has 3 heterocycles. The normalized spacial score (nSPS) is 20.1. The third-order valence-corrected chi connectivity index (χ3v) is 6.30. The van der Waals surface area contributed by atoms with Crippen LogP contribution in [0.5, 0.6) is 0 Å². The molecule has 9 heteroatoms. The largest absolute Gasteiger partial charge is 0.443 e. The van der Waals surface area contributed by atoms with Crippen LogP contribution in [-0.4, -0.2) is 69.0 Å². The summed E-state index contributed by atoms with van der Waals surface area (Å²) < 4.78 is 33.1. The maximum atomic E-state index is 12.7. The van der Waals surface area contributed by atoms with E-state index in [1.165, 1.54) is 0 Å². The minimum absolute atomic E-state index is 0.253. The van der Waals surface area contributed by atoms with Gasteiger partial charge in [-0.25, -0.2) is 9.78 Å². The monoisotopic (exact) mass is 467 g/mol. The summed E-state index contributed by atoms with van der Waals surface area (Å²) in [5.41, 5.74) is 1.54. The van der Waals surface area contributed by atoms with Crippen molar-refractivity contribution in [2.75, 3.05) is 43.9 Å². The average molecular weight is 468 g/mol. The second-order valence-electron chi connectivity index (χ2n) is 9.92. The molecule has 0 aromatic carbocycles. The molecule has 2 aliphatic rings. The van der Waals surface area contributed by atoms with Crippen molar-refractivity contribution in [3.63, 3.8) is 0 Å². The van der Waals surface area contributed by atoms with E-state index in [2.05, 4.69) is 17.0 Å². The Labute approximate surface area is 192 Å². The van der Waals surface area contributed by atoms with Crippen molar-refractivity contribution in [1.82, 2.24) is 9.88 Å². The van der Waals surface area contributed by atoms with Gasteiger partial charge in [0, 0.05) is 18.8 Å². The highest BCUT2D eigenvalue weighted by Crippen LogP contribution is 2.27. The van der Waals surface area contributed by atoms with E-state index in [-0.39, 0.29) is 18.6 Å². The molecular weight excluding hydrogens is 430 g/mol. The number of carbonyl (C=O) groups is 1. The molecule has 0 saturated carbocycles. The first-order valence-corrected chi connectivity index (χ1v) is 13.4. The number of ether oxygens (including phenoxy) is 1. The standard InChI is InChI=1S/C23H37N3O5S/c1-23(2,3)31-22(27)26-15-6-9-19-11-12-20(24-21(19)26)10-7-14-25-13-5-8-18(16-25)17-30-32(4,28)29/h11-12,18H,5-10,13-17H2,1-4H3/t18-/m1/s1. The number of piperidine rings is 1. The average Bonchev–Trinajstić information content (AvgIpc) is 2.70. The van der Waals surface area contributed by atoms with E-state index < -0.39 is 15.7 Å². The molecule has 1 fully saturated rings. The van der Waals surface area contributed by atoms with Gasteiger partial charge in [0.05, 0.1) is 12.9 Å². The Kier molecular flexibility index (Phi) is 8.16. The van der Waals surface area contributed by atoms with E-state index in [0.29, 0.717) is 6.54 Å². The van der Waals surface area contributed by atoms with Crippen molar-refractivity contribution in [2.45, 2.75) is 64.9 Å². The first-order chi connectivity index (χ1) is 15.0. The van der Waals surface area contributed by atoms with Gasteiger partial charge in [-0.2, -0.15) is 8.42 Å². The summed E-state index contributed by atoms with van der Waals surface area (Å²) in [5, 5.41) is 0. The van der Waals surface area contributed by atoms with Crippen LogP contribution in [0.4, 0.5) is 10.6 Å². The van der Waals surface area contributed by atoms with Crippen LogP contribution in [0.25, 0.3) is 0 Å². The molecule has 1 aromatic rings. The number of likely N-dealkylation sites (tertiary alicyclic amines) is 1. The molecule has 0 N–H and O–H groups in total. The number of pyridine rings is 1. The first-order valence-electron chi connectivity index (χ1n) is 11.6. The number of aromatic nitrogens is 1. The molecule has 1 amide bonds. The van der Waals surface area contributed by atoms with Gasteiger partial charge in [0.1, 0.15) is 11.4 Å². The van der Waals surface area contributed by atoms with Gasteiger partial charge in [-0.15, -0.1) is 0 Å². The van der Waals surface area contributed by atoms with E-state index >= 15 is 0 Å². The van der Waals surface area contributed by atoms with Gasteiger partial charge in [-0.05, 0) is 89.9 Å². The molecule has 1 aromatic heterocycles. The van der Waals surface area contributed by atoms with Crippen LogP contribution < -0.4 is 4.90 Å². The molecule has 8 nitrogen and oxygen atoms in total. The molecule has 0 unspecified atom stereocenters. The molecule has 0 radical (unpaired) electrons. The number of aryl methyl sites for hydroxylation is 2. The lowest BCUT2D eigenvalue weighted by molar-refractivity contribution is 0.0576. The van der Waals surface area contributed by atoms with Gasteiger partial charge in [0.25, 0.3) is 10.1 Å². The minimum Gasteiger partial charge on any atom is -0.443 e. The van der Waals surface area contributed by atoms with Crippen molar-refractivity contribution in [2.24, 2.45) is 5.92 Å². The number of hydrogen-bond donors (Lipinski definition) is 0. The Morgan fingerprint density at radius 2 is 2.00 bits per heavy atom. The summed E-state index contributed by atoms with van der Waals surface area (Å²) in [5.74, 6) is 0.988. The number of anilines is 1. The van der Waals surface area contributed by atoms with Crippen LogP contribution in [-0.2, 0) is 31.9 Å². The molecular formula is C23H37N3O5S. The van der Waals surface area contributed by atoms with E-state index in [0.717, 1.165) is 81.5 Å². The topological polar surface area (TPSA) is 89.0 Å². The van der Waals surface area contributed by atoms with Gasteiger partial charge in [0.2, 0.25) is 0 Å². The molecule has 0 aliphatic carbocycles. The summed E-state index contributed by atoms with van der Waals surface area (Å²) in [4.78, 5) is 21.5. The molecule has 0 bridgehead atoms. The third kappa shape index (κ3) is 7.71. The number of carbonyl (C=O) groups excluding carboxylic acids is 1. The van der Waals surface area contributed by atoms with Crippen LogP contribution in [0.15, 0.2) is 12.1 Å². The number of hydrogen-bond acceptors (Lipinski definition) is 7. The summed E-state index contributed by atoms with van der Waals surface area (Å²) in [6.45, 7) is 9.34. The second kappa shape index (κ2) is 10.5. The quantitative estimate of drug-likeness (QED) is 0.568. The third-order valence-electron chi connectivity index (χ3n) is 5.74. The molecule has 3 rings (SSSR count). The Balaban J connectivity index is 1.54. The number of nitrogens with zero attached hydrogens (tertiary/aromatic N) is 3. The number of fused-ring (bicyclic) bond motifs is 1. The van der Waals surface area contributed by atoms with Crippen LogP contribution in [0.3, 0.4) is 0 Å². The van der Waals surface area contributed by atoms with E-state index in [1.807, 2.05) is 20.8 Å². The fourth-order valence-corrected chi connectivity index (χ4v) is 4.75. The lowest BCUT2D eigenvalue weighted by Gasteiger charge is -2.32. The SMILES string of the molecule is CC(C)(C)OC(=O)N1CCCc2ccc(CCCN3CCC[C@@H](COS(C)(=O)=O)C3)nc21. The molecule has 2 aliphatic heterocycles. The Morgan fingerprint density at radius 1 is 1.22 bits per heavy atom. The summed E-state index contributed by atoms with van der Waals surface area (Å²) >= 11 is 0. The highest BCUT2D eigenvalue weighted by Gasteiger charge is 2.28. The van der Waals surface area contributed by atoms with Crippen LogP contribution in [0.1, 0.15) is 57.7 Å². The van der Waals surface area contributed by atoms with Crippen molar-refractivity contribution in [3.8, 4) is 0 Å². The Hall–Kier alpha value is -1.71. The van der Waals surface area contributed by atoms with Crippen molar-refractivity contribution in [3.05, 3.63) is 23.4 Å². The smallest absolute Gasteiger partial charge is 0.416 e. The maximum Gasteiger partial charge on any atom is 0.416 e. The Bertz CT molecular complexity index is 897. The molecule has 0 spiro atoms. The summed E-state index contributed by atoms with van der Waals surface area (Å²) in [6.07, 6.45) is 6.44.